The molecule has 4 nitrogen and oxygen atoms in total. The molecule has 0 atom stereocenters. The summed E-state index contributed by atoms with van der Waals surface area (Å²) in [7, 11) is 0. The summed E-state index contributed by atoms with van der Waals surface area (Å²) in [6, 6.07) is 0. The number of hydrogen-bond donors (Lipinski definition) is 1. The van der Waals surface area contributed by atoms with E-state index < -0.39 is 5.97 Å². The molecule has 0 unspecified atom stereocenters. The van der Waals surface area contributed by atoms with Gasteiger partial charge in [-0.2, -0.15) is 11.8 Å². The Kier molecular flexibility index (Phi) is 18.1. The largest absolute Gasteiger partial charge is 0.481 e. The predicted molar refractivity (Wildman–Crippen MR) is 102 cm³/mol. The number of ether oxygens (including phenoxy) is 1. The molecule has 0 saturated heterocycles. The highest BCUT2D eigenvalue weighted by atomic mass is 32.2. The zero-order valence-electron chi connectivity index (χ0n) is 15.4. The first-order valence-electron chi connectivity index (χ1n) is 9.62. The van der Waals surface area contributed by atoms with Crippen molar-refractivity contribution in [1.82, 2.24) is 0 Å². The van der Waals surface area contributed by atoms with Crippen molar-refractivity contribution < 1.29 is 19.4 Å². The van der Waals surface area contributed by atoms with Gasteiger partial charge in [0.2, 0.25) is 0 Å². The highest BCUT2D eigenvalue weighted by Gasteiger charge is 2.03. The maximum atomic E-state index is 11.5. The van der Waals surface area contributed by atoms with E-state index >= 15 is 0 Å². The third kappa shape index (κ3) is 19.3. The van der Waals surface area contributed by atoms with E-state index in [0.29, 0.717) is 19.4 Å². The molecule has 0 bridgehead atoms. The Bertz CT molecular complexity index is 308. The zero-order valence-corrected chi connectivity index (χ0v) is 16.2. The van der Waals surface area contributed by atoms with Crippen molar-refractivity contribution in [2.24, 2.45) is 0 Å². The SMILES string of the molecule is CCCCCCCCCCCOC(=O)CCCSCCCC(=O)O. The number of aliphatic carboxylic acids is 1. The topological polar surface area (TPSA) is 63.6 Å². The lowest BCUT2D eigenvalue weighted by Crippen LogP contribution is -2.06. The van der Waals surface area contributed by atoms with E-state index in [1.165, 1.54) is 44.9 Å². The van der Waals surface area contributed by atoms with Gasteiger partial charge in [0.1, 0.15) is 0 Å². The quantitative estimate of drug-likeness (QED) is 0.260. The highest BCUT2D eigenvalue weighted by Crippen LogP contribution is 2.10. The molecule has 0 rings (SSSR count). The molecule has 0 fully saturated rings. The third-order valence-corrected chi connectivity index (χ3v) is 5.01. The van der Waals surface area contributed by atoms with Crippen LogP contribution in [0, 0.1) is 0 Å². The van der Waals surface area contributed by atoms with Crippen molar-refractivity contribution in [3.05, 3.63) is 0 Å². The molecular weight excluding hydrogens is 324 g/mol. The Labute approximate surface area is 152 Å². The second-order valence-electron chi connectivity index (χ2n) is 6.26. The van der Waals surface area contributed by atoms with E-state index in [-0.39, 0.29) is 12.4 Å². The molecule has 0 aliphatic rings. The second-order valence-corrected chi connectivity index (χ2v) is 7.49. The first kappa shape index (κ1) is 23.3. The molecule has 24 heavy (non-hydrogen) atoms. The molecular formula is C19H36O4S. The van der Waals surface area contributed by atoms with Crippen LogP contribution in [-0.4, -0.2) is 35.2 Å². The fraction of sp³-hybridized carbons (Fsp3) is 0.895. The van der Waals surface area contributed by atoms with Crippen molar-refractivity contribution >= 4 is 23.7 Å². The fourth-order valence-corrected chi connectivity index (χ4v) is 3.32. The maximum absolute atomic E-state index is 11.5. The van der Waals surface area contributed by atoms with Crippen molar-refractivity contribution in [2.75, 3.05) is 18.1 Å². The van der Waals surface area contributed by atoms with Gasteiger partial charge in [-0.05, 0) is 30.8 Å². The summed E-state index contributed by atoms with van der Waals surface area (Å²) >= 11 is 1.71. The van der Waals surface area contributed by atoms with E-state index in [0.717, 1.165) is 30.8 Å². The summed E-state index contributed by atoms with van der Waals surface area (Å²) < 4.78 is 5.23. The lowest BCUT2D eigenvalue weighted by atomic mass is 10.1. The minimum atomic E-state index is -0.740. The van der Waals surface area contributed by atoms with Crippen LogP contribution in [0.4, 0.5) is 0 Å². The number of carbonyl (C=O) groups excluding carboxylic acids is 1. The number of hydrogen-bond acceptors (Lipinski definition) is 4. The fourth-order valence-electron chi connectivity index (χ4n) is 2.42. The molecule has 0 aromatic heterocycles. The average Bonchev–Trinajstić information content (AvgIpc) is 2.55. The maximum Gasteiger partial charge on any atom is 0.305 e. The van der Waals surface area contributed by atoms with Gasteiger partial charge in [-0.15, -0.1) is 0 Å². The van der Waals surface area contributed by atoms with Crippen LogP contribution in [0.2, 0.25) is 0 Å². The Morgan fingerprint density at radius 2 is 1.33 bits per heavy atom. The average molecular weight is 361 g/mol. The summed E-state index contributed by atoms with van der Waals surface area (Å²) in [5.74, 6) is 0.906. The number of unbranched alkanes of at least 4 members (excludes halogenated alkanes) is 8. The van der Waals surface area contributed by atoms with Crippen LogP contribution in [0.25, 0.3) is 0 Å². The van der Waals surface area contributed by atoms with E-state index in [2.05, 4.69) is 6.92 Å². The lowest BCUT2D eigenvalue weighted by molar-refractivity contribution is -0.143. The highest BCUT2D eigenvalue weighted by molar-refractivity contribution is 7.99. The van der Waals surface area contributed by atoms with Gasteiger partial charge < -0.3 is 9.84 Å². The summed E-state index contributed by atoms with van der Waals surface area (Å²) in [5.41, 5.74) is 0. The molecule has 1 N–H and O–H groups in total. The minimum Gasteiger partial charge on any atom is -0.481 e. The van der Waals surface area contributed by atoms with Gasteiger partial charge in [0.05, 0.1) is 6.61 Å². The molecule has 0 saturated carbocycles. The standard InChI is InChI=1S/C19H36O4S/c1-2-3-4-5-6-7-8-9-10-15-23-19(22)14-12-17-24-16-11-13-18(20)21/h2-17H2,1H3,(H,20,21). The van der Waals surface area contributed by atoms with Crippen molar-refractivity contribution in [3.63, 3.8) is 0 Å². The lowest BCUT2D eigenvalue weighted by Gasteiger charge is -2.05. The summed E-state index contributed by atoms with van der Waals surface area (Å²) in [4.78, 5) is 21.9. The van der Waals surface area contributed by atoms with E-state index in [9.17, 15) is 9.59 Å². The number of thioether (sulfide) groups is 1. The molecule has 5 heteroatoms. The van der Waals surface area contributed by atoms with Crippen LogP contribution in [-0.2, 0) is 14.3 Å². The zero-order chi connectivity index (χ0) is 17.9. The van der Waals surface area contributed by atoms with E-state index in [1.807, 2.05) is 0 Å². The molecule has 0 aliphatic heterocycles. The van der Waals surface area contributed by atoms with E-state index in [1.54, 1.807) is 11.8 Å². The molecule has 0 aliphatic carbocycles. The summed E-state index contributed by atoms with van der Waals surface area (Å²) in [5, 5.41) is 8.51. The second kappa shape index (κ2) is 18.6. The number of carboxylic acids is 1. The van der Waals surface area contributed by atoms with Gasteiger partial charge in [-0.1, -0.05) is 58.3 Å². The first-order chi connectivity index (χ1) is 11.7. The smallest absolute Gasteiger partial charge is 0.305 e. The van der Waals surface area contributed by atoms with Crippen molar-refractivity contribution in [3.8, 4) is 0 Å². The Morgan fingerprint density at radius 3 is 1.92 bits per heavy atom. The van der Waals surface area contributed by atoms with Crippen molar-refractivity contribution in [1.29, 1.82) is 0 Å². The summed E-state index contributed by atoms with van der Waals surface area (Å²) in [6.45, 7) is 2.79. The van der Waals surface area contributed by atoms with Gasteiger partial charge in [-0.3, -0.25) is 9.59 Å². The van der Waals surface area contributed by atoms with Gasteiger partial charge >= 0.3 is 11.9 Å². The molecule has 0 amide bonds. The third-order valence-electron chi connectivity index (χ3n) is 3.86. The number of rotatable bonds is 18. The van der Waals surface area contributed by atoms with Gasteiger partial charge in [0.25, 0.3) is 0 Å². The molecule has 142 valence electrons. The monoisotopic (exact) mass is 360 g/mol. The van der Waals surface area contributed by atoms with Crippen LogP contribution >= 0.6 is 11.8 Å². The van der Waals surface area contributed by atoms with Crippen molar-refractivity contribution in [2.45, 2.75) is 90.4 Å². The molecule has 0 heterocycles. The number of esters is 1. The summed E-state index contributed by atoms with van der Waals surface area (Å²) in [6.07, 6.45) is 13.6. The minimum absolute atomic E-state index is 0.0966. The van der Waals surface area contributed by atoms with Crippen LogP contribution in [0.1, 0.15) is 90.4 Å². The van der Waals surface area contributed by atoms with Gasteiger partial charge in [0.15, 0.2) is 0 Å². The van der Waals surface area contributed by atoms with E-state index in [4.69, 9.17) is 9.84 Å². The van der Waals surface area contributed by atoms with Crippen LogP contribution in [0.15, 0.2) is 0 Å². The normalized spacial score (nSPS) is 10.7. The Morgan fingerprint density at radius 1 is 0.792 bits per heavy atom. The van der Waals surface area contributed by atoms with Gasteiger partial charge in [0, 0.05) is 12.8 Å². The predicted octanol–water partition coefficient (Wildman–Crippen LogP) is 5.44. The van der Waals surface area contributed by atoms with Crippen LogP contribution in [0.3, 0.4) is 0 Å². The van der Waals surface area contributed by atoms with Crippen LogP contribution < -0.4 is 0 Å². The Hall–Kier alpha value is -0.710. The number of carbonyl (C=O) groups is 2. The molecule has 0 aromatic carbocycles. The molecule has 0 aromatic rings. The van der Waals surface area contributed by atoms with Gasteiger partial charge in [-0.25, -0.2) is 0 Å². The van der Waals surface area contributed by atoms with Crippen LogP contribution in [0.5, 0.6) is 0 Å². The Balaban J connectivity index is 3.17. The molecule has 0 radical (unpaired) electrons. The molecule has 0 spiro atoms. The number of carboxylic acid groups (broad SMARTS) is 1. The first-order valence-corrected chi connectivity index (χ1v) is 10.8.